The molecule has 2 unspecified atom stereocenters. The summed E-state index contributed by atoms with van der Waals surface area (Å²) < 4.78 is 10.9. The molecule has 0 aromatic heterocycles. The maximum atomic E-state index is 6.21. The van der Waals surface area contributed by atoms with Crippen molar-refractivity contribution in [2.75, 3.05) is 13.7 Å². The maximum absolute atomic E-state index is 6.21. The Morgan fingerprint density at radius 2 is 2.05 bits per heavy atom. The van der Waals surface area contributed by atoms with Crippen LogP contribution in [0.4, 0.5) is 0 Å². The first-order valence-electron chi connectivity index (χ1n) is 7.78. The Morgan fingerprint density at radius 1 is 1.25 bits per heavy atom. The van der Waals surface area contributed by atoms with Gasteiger partial charge in [0.1, 0.15) is 5.75 Å². The summed E-state index contributed by atoms with van der Waals surface area (Å²) in [7, 11) is 1.69. The molecule has 1 aromatic carbocycles. The highest BCUT2D eigenvalue weighted by Gasteiger charge is 2.15. The second-order valence-corrected chi connectivity index (χ2v) is 5.71. The molecule has 2 rings (SSSR count). The van der Waals surface area contributed by atoms with Crippen LogP contribution in [0, 0.1) is 0 Å². The Balaban J connectivity index is 1.64. The van der Waals surface area contributed by atoms with Crippen LogP contribution < -0.4 is 10.5 Å². The lowest BCUT2D eigenvalue weighted by Gasteiger charge is -2.23. The average Bonchev–Trinajstić information content (AvgIpc) is 2.52. The minimum absolute atomic E-state index is 0.280. The quantitative estimate of drug-likeness (QED) is 0.831. The molecule has 0 bridgehead atoms. The summed E-state index contributed by atoms with van der Waals surface area (Å²) in [6.07, 6.45) is 8.47. The largest absolute Gasteiger partial charge is 0.497 e. The van der Waals surface area contributed by atoms with Gasteiger partial charge in [-0.15, -0.1) is 0 Å². The first-order chi connectivity index (χ1) is 9.78. The molecule has 0 saturated carbocycles. The predicted octanol–water partition coefficient (Wildman–Crippen LogP) is 3.30. The predicted molar refractivity (Wildman–Crippen MR) is 82.1 cm³/mol. The lowest BCUT2D eigenvalue weighted by Crippen LogP contribution is -2.25. The van der Waals surface area contributed by atoms with E-state index in [4.69, 9.17) is 15.2 Å². The highest BCUT2D eigenvalue weighted by molar-refractivity contribution is 5.27. The van der Waals surface area contributed by atoms with Crippen LogP contribution in [0.5, 0.6) is 5.75 Å². The number of hydrogen-bond acceptors (Lipinski definition) is 3. The van der Waals surface area contributed by atoms with Gasteiger partial charge < -0.3 is 15.2 Å². The van der Waals surface area contributed by atoms with Crippen LogP contribution >= 0.6 is 0 Å². The molecule has 3 heteroatoms. The first-order valence-corrected chi connectivity index (χ1v) is 7.78. The number of methoxy groups -OCH3 is 1. The summed E-state index contributed by atoms with van der Waals surface area (Å²) in [4.78, 5) is 0. The smallest absolute Gasteiger partial charge is 0.118 e. The van der Waals surface area contributed by atoms with E-state index in [0.29, 0.717) is 6.10 Å². The van der Waals surface area contributed by atoms with Gasteiger partial charge in [0.15, 0.2) is 0 Å². The third kappa shape index (κ3) is 5.14. The first kappa shape index (κ1) is 15.3. The minimum atomic E-state index is 0.280. The van der Waals surface area contributed by atoms with Crippen molar-refractivity contribution in [3.05, 3.63) is 29.8 Å². The summed E-state index contributed by atoms with van der Waals surface area (Å²) in [6, 6.07) is 8.54. The van der Waals surface area contributed by atoms with Crippen molar-refractivity contribution in [3.8, 4) is 5.75 Å². The molecule has 1 heterocycles. The molecule has 20 heavy (non-hydrogen) atoms. The van der Waals surface area contributed by atoms with Gasteiger partial charge in [0.2, 0.25) is 0 Å². The molecule has 1 aliphatic rings. The van der Waals surface area contributed by atoms with Crippen LogP contribution in [-0.4, -0.2) is 25.9 Å². The Labute approximate surface area is 122 Å². The Bertz CT molecular complexity index is 371. The number of benzene rings is 1. The van der Waals surface area contributed by atoms with E-state index in [1.54, 1.807) is 7.11 Å². The number of ether oxygens (including phenoxy) is 2. The zero-order valence-electron chi connectivity index (χ0n) is 12.5. The number of nitrogens with two attached hydrogens (primary N) is 1. The lowest BCUT2D eigenvalue weighted by atomic mass is 9.98. The Morgan fingerprint density at radius 3 is 2.70 bits per heavy atom. The third-order valence-corrected chi connectivity index (χ3v) is 4.10. The van der Waals surface area contributed by atoms with E-state index in [1.165, 1.54) is 24.8 Å². The van der Waals surface area contributed by atoms with Gasteiger partial charge in [-0.25, -0.2) is 0 Å². The molecule has 1 aromatic rings. The van der Waals surface area contributed by atoms with Crippen LogP contribution in [-0.2, 0) is 11.2 Å². The van der Waals surface area contributed by atoms with E-state index < -0.39 is 0 Å². The zero-order chi connectivity index (χ0) is 14.2. The monoisotopic (exact) mass is 277 g/mol. The summed E-state index contributed by atoms with van der Waals surface area (Å²) in [5, 5.41) is 0. The molecular formula is C17H27NO2. The van der Waals surface area contributed by atoms with E-state index in [2.05, 4.69) is 12.1 Å². The van der Waals surface area contributed by atoms with Gasteiger partial charge >= 0.3 is 0 Å². The molecule has 1 saturated heterocycles. The molecular weight excluding hydrogens is 250 g/mol. The van der Waals surface area contributed by atoms with Crippen LogP contribution in [0.2, 0.25) is 0 Å². The van der Waals surface area contributed by atoms with Crippen LogP contribution in [0.25, 0.3) is 0 Å². The van der Waals surface area contributed by atoms with E-state index in [1.807, 2.05) is 12.1 Å². The molecule has 2 atom stereocenters. The molecule has 3 nitrogen and oxygen atoms in total. The molecule has 112 valence electrons. The van der Waals surface area contributed by atoms with Crippen molar-refractivity contribution < 1.29 is 9.47 Å². The Kier molecular flexibility index (Phi) is 6.34. The molecule has 0 radical (unpaired) electrons. The fourth-order valence-corrected chi connectivity index (χ4v) is 2.72. The van der Waals surface area contributed by atoms with Gasteiger partial charge in [-0.05, 0) is 62.6 Å². The Hall–Kier alpha value is -1.06. The summed E-state index contributed by atoms with van der Waals surface area (Å²) in [6.45, 7) is 0.936. The summed E-state index contributed by atoms with van der Waals surface area (Å²) in [5.41, 5.74) is 7.54. The SMILES string of the molecule is COc1ccc(CCC(N)CCC2CCCCO2)cc1. The van der Waals surface area contributed by atoms with E-state index in [0.717, 1.165) is 38.0 Å². The zero-order valence-corrected chi connectivity index (χ0v) is 12.5. The second-order valence-electron chi connectivity index (χ2n) is 5.71. The molecule has 1 fully saturated rings. The van der Waals surface area contributed by atoms with Gasteiger partial charge in [-0.2, -0.15) is 0 Å². The normalized spacial score (nSPS) is 20.6. The van der Waals surface area contributed by atoms with Crippen LogP contribution in [0.1, 0.15) is 44.1 Å². The van der Waals surface area contributed by atoms with E-state index >= 15 is 0 Å². The van der Waals surface area contributed by atoms with Crippen molar-refractivity contribution in [2.24, 2.45) is 5.73 Å². The van der Waals surface area contributed by atoms with Crippen molar-refractivity contribution >= 4 is 0 Å². The van der Waals surface area contributed by atoms with Crippen LogP contribution in [0.15, 0.2) is 24.3 Å². The molecule has 0 amide bonds. The van der Waals surface area contributed by atoms with Crippen molar-refractivity contribution in [2.45, 2.75) is 57.1 Å². The number of hydrogen-bond donors (Lipinski definition) is 1. The van der Waals surface area contributed by atoms with Gasteiger partial charge in [0, 0.05) is 12.6 Å². The highest BCUT2D eigenvalue weighted by Crippen LogP contribution is 2.19. The molecule has 2 N–H and O–H groups in total. The second kappa shape index (κ2) is 8.28. The fraction of sp³-hybridized carbons (Fsp3) is 0.647. The van der Waals surface area contributed by atoms with Crippen molar-refractivity contribution in [1.29, 1.82) is 0 Å². The molecule has 1 aliphatic heterocycles. The van der Waals surface area contributed by atoms with Gasteiger partial charge in [0.05, 0.1) is 13.2 Å². The number of rotatable bonds is 7. The standard InChI is InChI=1S/C17H27NO2/c1-19-16-10-6-14(7-11-16)5-8-15(18)9-12-17-4-2-3-13-20-17/h6-7,10-11,15,17H,2-5,8-9,12-13,18H2,1H3. The summed E-state index contributed by atoms with van der Waals surface area (Å²) in [5.74, 6) is 0.910. The van der Waals surface area contributed by atoms with Crippen molar-refractivity contribution in [1.82, 2.24) is 0 Å². The van der Waals surface area contributed by atoms with Gasteiger partial charge in [-0.3, -0.25) is 0 Å². The fourth-order valence-electron chi connectivity index (χ4n) is 2.72. The average molecular weight is 277 g/mol. The van der Waals surface area contributed by atoms with Crippen molar-refractivity contribution in [3.63, 3.8) is 0 Å². The highest BCUT2D eigenvalue weighted by atomic mass is 16.5. The number of aryl methyl sites for hydroxylation is 1. The lowest BCUT2D eigenvalue weighted by molar-refractivity contribution is 0.00905. The van der Waals surface area contributed by atoms with E-state index in [9.17, 15) is 0 Å². The third-order valence-electron chi connectivity index (χ3n) is 4.10. The molecule has 0 aliphatic carbocycles. The van der Waals surface area contributed by atoms with E-state index in [-0.39, 0.29) is 6.04 Å². The minimum Gasteiger partial charge on any atom is -0.497 e. The maximum Gasteiger partial charge on any atom is 0.118 e. The topological polar surface area (TPSA) is 44.5 Å². The molecule has 0 spiro atoms. The summed E-state index contributed by atoms with van der Waals surface area (Å²) >= 11 is 0. The van der Waals surface area contributed by atoms with Gasteiger partial charge in [0.25, 0.3) is 0 Å². The van der Waals surface area contributed by atoms with Crippen LogP contribution in [0.3, 0.4) is 0 Å². The van der Waals surface area contributed by atoms with Gasteiger partial charge in [-0.1, -0.05) is 12.1 Å².